The highest BCUT2D eigenvalue weighted by molar-refractivity contribution is 6.33. The van der Waals surface area contributed by atoms with Crippen molar-refractivity contribution in [1.29, 1.82) is 0 Å². The Labute approximate surface area is 201 Å². The van der Waals surface area contributed by atoms with Crippen LogP contribution in [0.4, 0.5) is 5.69 Å². The van der Waals surface area contributed by atoms with Gasteiger partial charge in [-0.05, 0) is 69.3 Å². The van der Waals surface area contributed by atoms with Crippen LogP contribution in [0.15, 0.2) is 42.6 Å². The standard InChI is InChI=1S/C27H32ClN5/c1-17(2)27-30-18(3)26-16-29-23-8-6-20(15-25(23)33(26)27)19-7-9-24(22(28)14-19)32-12-10-21(11-13-32)31(4)5/h6-9,14-17,21H,10-13H2,1-5H3. The zero-order valence-electron chi connectivity index (χ0n) is 20.1. The average Bonchev–Trinajstić information content (AvgIpc) is 3.16. The number of nitrogens with zero attached hydrogens (tertiary/aromatic N) is 5. The molecule has 1 aliphatic rings. The topological polar surface area (TPSA) is 36.7 Å². The van der Waals surface area contributed by atoms with Gasteiger partial charge in [-0.1, -0.05) is 37.6 Å². The Bertz CT molecular complexity index is 1320. The molecule has 0 amide bonds. The highest BCUT2D eigenvalue weighted by Crippen LogP contribution is 2.34. The number of rotatable bonds is 4. The molecule has 172 valence electrons. The van der Waals surface area contributed by atoms with Crippen molar-refractivity contribution in [3.8, 4) is 11.1 Å². The minimum absolute atomic E-state index is 0.325. The Hall–Kier alpha value is -2.63. The Kier molecular flexibility index (Phi) is 5.79. The van der Waals surface area contributed by atoms with Gasteiger partial charge in [0.25, 0.3) is 0 Å². The third-order valence-corrected chi connectivity index (χ3v) is 7.30. The number of halogens is 1. The van der Waals surface area contributed by atoms with E-state index >= 15 is 0 Å². The SMILES string of the molecule is Cc1nc(C(C)C)n2c1cnc1ccc(-c3ccc(N4CCC(N(C)C)CC4)c(Cl)c3)cc12. The molecule has 0 saturated carbocycles. The summed E-state index contributed by atoms with van der Waals surface area (Å²) in [5.74, 6) is 1.40. The third kappa shape index (κ3) is 3.98. The summed E-state index contributed by atoms with van der Waals surface area (Å²) in [7, 11) is 4.34. The lowest BCUT2D eigenvalue weighted by Gasteiger charge is -2.36. The van der Waals surface area contributed by atoms with E-state index in [1.165, 1.54) is 12.8 Å². The van der Waals surface area contributed by atoms with Crippen LogP contribution in [0.3, 0.4) is 0 Å². The lowest BCUT2D eigenvalue weighted by Crippen LogP contribution is -2.42. The van der Waals surface area contributed by atoms with Crippen LogP contribution in [0.25, 0.3) is 27.7 Å². The second-order valence-electron chi connectivity index (χ2n) is 9.74. The van der Waals surface area contributed by atoms with Gasteiger partial charge in [-0.2, -0.15) is 0 Å². The smallest absolute Gasteiger partial charge is 0.116 e. The van der Waals surface area contributed by atoms with Crippen molar-refractivity contribution in [3.05, 3.63) is 59.1 Å². The summed E-state index contributed by atoms with van der Waals surface area (Å²) in [6, 6.07) is 13.6. The summed E-state index contributed by atoms with van der Waals surface area (Å²) in [5, 5.41) is 0.813. The molecule has 2 aromatic carbocycles. The molecule has 4 aromatic rings. The number of piperidine rings is 1. The van der Waals surface area contributed by atoms with Crippen molar-refractivity contribution in [3.63, 3.8) is 0 Å². The average molecular weight is 462 g/mol. The second kappa shape index (κ2) is 8.62. The maximum Gasteiger partial charge on any atom is 0.116 e. The van der Waals surface area contributed by atoms with Crippen LogP contribution in [-0.2, 0) is 0 Å². The molecule has 3 heterocycles. The van der Waals surface area contributed by atoms with Gasteiger partial charge in [-0.15, -0.1) is 0 Å². The summed E-state index contributed by atoms with van der Waals surface area (Å²) in [4.78, 5) is 14.3. The Morgan fingerprint density at radius 3 is 2.36 bits per heavy atom. The van der Waals surface area contributed by atoms with E-state index in [0.717, 1.165) is 63.0 Å². The lowest BCUT2D eigenvalue weighted by atomic mass is 10.0. The molecule has 6 heteroatoms. The fourth-order valence-electron chi connectivity index (χ4n) is 5.04. The van der Waals surface area contributed by atoms with E-state index in [9.17, 15) is 0 Å². The van der Waals surface area contributed by atoms with Crippen molar-refractivity contribution >= 4 is 33.8 Å². The van der Waals surface area contributed by atoms with Crippen LogP contribution < -0.4 is 4.90 Å². The molecule has 2 aromatic heterocycles. The normalized spacial score (nSPS) is 15.5. The Morgan fingerprint density at radius 1 is 1.00 bits per heavy atom. The van der Waals surface area contributed by atoms with Crippen LogP contribution in [0, 0.1) is 6.92 Å². The van der Waals surface area contributed by atoms with Gasteiger partial charge in [0.2, 0.25) is 0 Å². The van der Waals surface area contributed by atoms with E-state index in [1.807, 2.05) is 6.20 Å². The molecule has 1 saturated heterocycles. The summed E-state index contributed by atoms with van der Waals surface area (Å²) in [5.41, 5.74) is 7.53. The summed E-state index contributed by atoms with van der Waals surface area (Å²) < 4.78 is 2.26. The van der Waals surface area contributed by atoms with Crippen molar-refractivity contribution < 1.29 is 0 Å². The number of hydrogen-bond donors (Lipinski definition) is 0. The van der Waals surface area contributed by atoms with Crippen LogP contribution in [0.2, 0.25) is 5.02 Å². The van der Waals surface area contributed by atoms with Crippen molar-refractivity contribution in [2.24, 2.45) is 0 Å². The van der Waals surface area contributed by atoms with Gasteiger partial charge in [-0.3, -0.25) is 9.38 Å². The Morgan fingerprint density at radius 2 is 1.70 bits per heavy atom. The fourth-order valence-corrected chi connectivity index (χ4v) is 5.34. The minimum atomic E-state index is 0.325. The highest BCUT2D eigenvalue weighted by Gasteiger charge is 2.22. The Balaban J connectivity index is 1.52. The molecule has 0 aliphatic carbocycles. The second-order valence-corrected chi connectivity index (χ2v) is 10.1. The van der Waals surface area contributed by atoms with Gasteiger partial charge in [0.15, 0.2) is 0 Å². The van der Waals surface area contributed by atoms with Crippen LogP contribution >= 0.6 is 11.6 Å². The molecular weight excluding hydrogens is 430 g/mol. The number of benzene rings is 2. The predicted octanol–water partition coefficient (Wildman–Crippen LogP) is 6.17. The first-order valence-electron chi connectivity index (χ1n) is 11.8. The first-order chi connectivity index (χ1) is 15.8. The van der Waals surface area contributed by atoms with Crippen LogP contribution in [0.5, 0.6) is 0 Å². The molecule has 5 nitrogen and oxygen atoms in total. The van der Waals surface area contributed by atoms with Crippen LogP contribution in [-0.4, -0.2) is 52.5 Å². The summed E-state index contributed by atoms with van der Waals surface area (Å²) in [6.45, 7) is 8.51. The van der Waals surface area contributed by atoms with Gasteiger partial charge in [0, 0.05) is 25.0 Å². The zero-order valence-corrected chi connectivity index (χ0v) is 20.9. The molecule has 1 fully saturated rings. The monoisotopic (exact) mass is 461 g/mol. The number of aryl methyl sites for hydroxylation is 1. The predicted molar refractivity (Wildman–Crippen MR) is 139 cm³/mol. The van der Waals surface area contributed by atoms with E-state index < -0.39 is 0 Å². The maximum atomic E-state index is 6.82. The minimum Gasteiger partial charge on any atom is -0.370 e. The number of imidazole rings is 1. The van der Waals surface area contributed by atoms with E-state index in [-0.39, 0.29) is 0 Å². The van der Waals surface area contributed by atoms with Crippen molar-refractivity contribution in [2.45, 2.75) is 45.6 Å². The molecule has 0 unspecified atom stereocenters. The van der Waals surface area contributed by atoms with E-state index in [4.69, 9.17) is 21.6 Å². The largest absolute Gasteiger partial charge is 0.370 e. The number of aromatic nitrogens is 3. The fraction of sp³-hybridized carbons (Fsp3) is 0.407. The maximum absolute atomic E-state index is 6.82. The van der Waals surface area contributed by atoms with Gasteiger partial charge in [-0.25, -0.2) is 4.98 Å². The molecule has 1 aliphatic heterocycles. The van der Waals surface area contributed by atoms with Gasteiger partial charge < -0.3 is 9.80 Å². The number of fused-ring (bicyclic) bond motifs is 3. The molecule has 0 bridgehead atoms. The van der Waals surface area contributed by atoms with Crippen molar-refractivity contribution in [1.82, 2.24) is 19.3 Å². The van der Waals surface area contributed by atoms with Crippen molar-refractivity contribution in [2.75, 3.05) is 32.1 Å². The molecule has 0 atom stereocenters. The first kappa shape index (κ1) is 22.2. The molecule has 0 spiro atoms. The summed E-state index contributed by atoms with van der Waals surface area (Å²) >= 11 is 6.82. The zero-order chi connectivity index (χ0) is 23.3. The molecule has 33 heavy (non-hydrogen) atoms. The highest BCUT2D eigenvalue weighted by atomic mass is 35.5. The van der Waals surface area contributed by atoms with Crippen LogP contribution in [0.1, 0.15) is 44.1 Å². The van der Waals surface area contributed by atoms with E-state index in [1.54, 1.807) is 0 Å². The number of hydrogen-bond acceptors (Lipinski definition) is 4. The van der Waals surface area contributed by atoms with Gasteiger partial charge in [0.05, 0.1) is 39.2 Å². The molecule has 0 radical (unpaired) electrons. The lowest BCUT2D eigenvalue weighted by molar-refractivity contribution is 0.249. The van der Waals surface area contributed by atoms with Gasteiger partial charge >= 0.3 is 0 Å². The summed E-state index contributed by atoms with van der Waals surface area (Å²) in [6.07, 6.45) is 4.27. The molecule has 0 N–H and O–H groups in total. The quantitative estimate of drug-likeness (QED) is 0.364. The molecule has 5 rings (SSSR count). The van der Waals surface area contributed by atoms with E-state index in [0.29, 0.717) is 12.0 Å². The first-order valence-corrected chi connectivity index (χ1v) is 12.2. The molecular formula is C27H32ClN5. The van der Waals surface area contributed by atoms with E-state index in [2.05, 4.69) is 85.5 Å². The third-order valence-electron chi connectivity index (χ3n) is 7.00. The van der Waals surface area contributed by atoms with Gasteiger partial charge in [0.1, 0.15) is 5.82 Å². The number of anilines is 1.